The van der Waals surface area contributed by atoms with Crippen molar-refractivity contribution in [3.8, 4) is 0 Å². The average molecular weight is 386 g/mol. The van der Waals surface area contributed by atoms with Crippen LogP contribution in [0.5, 0.6) is 0 Å². The molecule has 0 radical (unpaired) electrons. The van der Waals surface area contributed by atoms with Gasteiger partial charge in [-0.05, 0) is 51.2 Å². The Labute approximate surface area is 161 Å². The molecule has 1 saturated heterocycles. The fourth-order valence-corrected chi connectivity index (χ4v) is 3.28. The van der Waals surface area contributed by atoms with Crippen LogP contribution in [-0.4, -0.2) is 68.6 Å². The summed E-state index contributed by atoms with van der Waals surface area (Å²) < 4.78 is 0. The second-order valence-electron chi connectivity index (χ2n) is 6.36. The molecule has 0 atom stereocenters. The Morgan fingerprint density at radius 3 is 2.76 bits per heavy atom. The molecule has 1 aromatic carbocycles. The van der Waals surface area contributed by atoms with E-state index >= 15 is 0 Å². The number of nitrogens with one attached hydrogen (secondary N) is 2. The number of likely N-dealkylation sites (N-methyl/N-ethyl adjacent to an activating group) is 1. The van der Waals surface area contributed by atoms with E-state index in [0.29, 0.717) is 16.6 Å². The Morgan fingerprint density at radius 1 is 1.16 bits per heavy atom. The fourth-order valence-electron chi connectivity index (χ4n) is 2.81. The molecular formula is C18H29Cl2N5. The maximum atomic E-state index is 6.22. The quantitative estimate of drug-likeness (QED) is 0.583. The van der Waals surface area contributed by atoms with Crippen LogP contribution in [-0.2, 0) is 6.54 Å². The molecule has 2 rings (SSSR count). The molecular weight excluding hydrogens is 357 g/mol. The van der Waals surface area contributed by atoms with Gasteiger partial charge in [0.25, 0.3) is 0 Å². The molecule has 1 aliphatic heterocycles. The van der Waals surface area contributed by atoms with Crippen LogP contribution < -0.4 is 10.6 Å². The first-order valence-electron chi connectivity index (χ1n) is 8.95. The lowest BCUT2D eigenvalue weighted by atomic mass is 10.2. The zero-order valence-corrected chi connectivity index (χ0v) is 16.7. The molecule has 0 spiro atoms. The third-order valence-corrected chi connectivity index (χ3v) is 4.89. The highest BCUT2D eigenvalue weighted by Gasteiger charge is 2.11. The fraction of sp³-hybridized carbons (Fsp3) is 0.611. The lowest BCUT2D eigenvalue weighted by Gasteiger charge is -2.21. The molecule has 0 bridgehead atoms. The van der Waals surface area contributed by atoms with Crippen LogP contribution in [0.15, 0.2) is 23.2 Å². The minimum absolute atomic E-state index is 0.528. The van der Waals surface area contributed by atoms with Crippen molar-refractivity contribution in [2.24, 2.45) is 4.99 Å². The molecule has 1 aliphatic rings. The summed E-state index contributed by atoms with van der Waals surface area (Å²) in [4.78, 5) is 9.54. The van der Waals surface area contributed by atoms with Crippen molar-refractivity contribution in [1.29, 1.82) is 0 Å². The van der Waals surface area contributed by atoms with E-state index in [0.717, 1.165) is 44.2 Å². The van der Waals surface area contributed by atoms with Gasteiger partial charge in [-0.25, -0.2) is 4.99 Å². The van der Waals surface area contributed by atoms with Gasteiger partial charge < -0.3 is 20.4 Å². The number of hydrogen-bond donors (Lipinski definition) is 2. The predicted molar refractivity (Wildman–Crippen MR) is 108 cm³/mol. The molecule has 1 fully saturated rings. The van der Waals surface area contributed by atoms with E-state index in [-0.39, 0.29) is 0 Å². The molecule has 0 amide bonds. The third-order valence-electron chi connectivity index (χ3n) is 4.30. The number of aliphatic imine (C=N–C) groups is 1. The number of halogens is 2. The first-order chi connectivity index (χ1) is 12.1. The molecule has 25 heavy (non-hydrogen) atoms. The molecule has 0 unspecified atom stereocenters. The predicted octanol–water partition coefficient (Wildman–Crippen LogP) is 2.69. The van der Waals surface area contributed by atoms with Crippen molar-refractivity contribution in [2.75, 3.05) is 52.9 Å². The minimum Gasteiger partial charge on any atom is -0.357 e. The maximum Gasteiger partial charge on any atom is 0.191 e. The maximum absolute atomic E-state index is 6.22. The van der Waals surface area contributed by atoms with E-state index in [9.17, 15) is 0 Å². The molecule has 0 aliphatic carbocycles. The van der Waals surface area contributed by atoms with Crippen molar-refractivity contribution < 1.29 is 0 Å². The SMILES string of the molecule is CCNC(=NCc1ccc(Cl)cc1Cl)NCCN1CCCN(C)CC1. The Hall–Kier alpha value is -1.01. The first-order valence-corrected chi connectivity index (χ1v) is 9.71. The minimum atomic E-state index is 0.528. The number of rotatable bonds is 6. The number of hydrogen-bond acceptors (Lipinski definition) is 3. The van der Waals surface area contributed by atoms with Crippen LogP contribution in [0.3, 0.4) is 0 Å². The van der Waals surface area contributed by atoms with Gasteiger partial charge in [0.15, 0.2) is 5.96 Å². The van der Waals surface area contributed by atoms with Gasteiger partial charge in [-0.1, -0.05) is 29.3 Å². The van der Waals surface area contributed by atoms with Crippen LogP contribution >= 0.6 is 23.2 Å². The molecule has 140 valence electrons. The molecule has 0 saturated carbocycles. The molecule has 7 heteroatoms. The summed E-state index contributed by atoms with van der Waals surface area (Å²) >= 11 is 12.2. The second kappa shape index (κ2) is 10.9. The van der Waals surface area contributed by atoms with Crippen molar-refractivity contribution in [1.82, 2.24) is 20.4 Å². The normalized spacial score (nSPS) is 17.4. The van der Waals surface area contributed by atoms with Crippen LogP contribution in [0.1, 0.15) is 18.9 Å². The topological polar surface area (TPSA) is 42.9 Å². The van der Waals surface area contributed by atoms with Crippen molar-refractivity contribution in [2.45, 2.75) is 19.9 Å². The highest BCUT2D eigenvalue weighted by Crippen LogP contribution is 2.21. The van der Waals surface area contributed by atoms with E-state index in [4.69, 9.17) is 23.2 Å². The van der Waals surface area contributed by atoms with Gasteiger partial charge >= 0.3 is 0 Å². The summed E-state index contributed by atoms with van der Waals surface area (Å²) in [6.07, 6.45) is 1.24. The summed E-state index contributed by atoms with van der Waals surface area (Å²) in [5.41, 5.74) is 0.971. The van der Waals surface area contributed by atoms with Crippen LogP contribution in [0.25, 0.3) is 0 Å². The Morgan fingerprint density at radius 2 is 2.00 bits per heavy atom. The summed E-state index contributed by atoms with van der Waals surface area (Å²) in [5, 5.41) is 8.00. The highest BCUT2D eigenvalue weighted by molar-refractivity contribution is 6.35. The highest BCUT2D eigenvalue weighted by atomic mass is 35.5. The molecule has 5 nitrogen and oxygen atoms in total. The van der Waals surface area contributed by atoms with Crippen molar-refractivity contribution >= 4 is 29.2 Å². The zero-order valence-electron chi connectivity index (χ0n) is 15.2. The lowest BCUT2D eigenvalue weighted by Crippen LogP contribution is -2.42. The smallest absolute Gasteiger partial charge is 0.191 e. The Balaban J connectivity index is 1.83. The summed E-state index contributed by atoms with van der Waals surface area (Å²) in [6, 6.07) is 5.52. The van der Waals surface area contributed by atoms with Gasteiger partial charge in [-0.3, -0.25) is 0 Å². The summed E-state index contributed by atoms with van der Waals surface area (Å²) in [6.45, 7) is 9.96. The number of nitrogens with zero attached hydrogens (tertiary/aromatic N) is 3. The molecule has 1 heterocycles. The monoisotopic (exact) mass is 385 g/mol. The lowest BCUT2D eigenvalue weighted by molar-refractivity contribution is 0.280. The van der Waals surface area contributed by atoms with Gasteiger partial charge in [-0.2, -0.15) is 0 Å². The second-order valence-corrected chi connectivity index (χ2v) is 7.20. The van der Waals surface area contributed by atoms with Gasteiger partial charge in [-0.15, -0.1) is 0 Å². The van der Waals surface area contributed by atoms with E-state index in [1.807, 2.05) is 12.1 Å². The standard InChI is InChI=1S/C18H29Cl2N5/c1-3-21-18(23-14-15-5-6-16(19)13-17(15)20)22-7-10-25-9-4-8-24(2)11-12-25/h5-6,13H,3-4,7-12,14H2,1-2H3,(H2,21,22,23). The van der Waals surface area contributed by atoms with Crippen LogP contribution in [0, 0.1) is 0 Å². The number of benzene rings is 1. The first kappa shape index (κ1) is 20.3. The van der Waals surface area contributed by atoms with Crippen molar-refractivity contribution in [3.05, 3.63) is 33.8 Å². The number of guanidine groups is 1. The molecule has 0 aromatic heterocycles. The van der Waals surface area contributed by atoms with Crippen LogP contribution in [0.4, 0.5) is 0 Å². The Bertz CT molecular complexity index is 564. The van der Waals surface area contributed by atoms with Gasteiger partial charge in [0.2, 0.25) is 0 Å². The van der Waals surface area contributed by atoms with Gasteiger partial charge in [0.1, 0.15) is 0 Å². The molecule has 2 N–H and O–H groups in total. The summed E-state index contributed by atoms with van der Waals surface area (Å²) in [7, 11) is 2.19. The summed E-state index contributed by atoms with van der Waals surface area (Å²) in [5.74, 6) is 0.820. The van der Waals surface area contributed by atoms with E-state index in [1.165, 1.54) is 19.5 Å². The average Bonchev–Trinajstić information content (AvgIpc) is 2.78. The van der Waals surface area contributed by atoms with E-state index in [2.05, 4.69) is 39.4 Å². The van der Waals surface area contributed by atoms with Crippen LogP contribution in [0.2, 0.25) is 10.0 Å². The van der Waals surface area contributed by atoms with Crippen molar-refractivity contribution in [3.63, 3.8) is 0 Å². The largest absolute Gasteiger partial charge is 0.357 e. The Kier molecular flexibility index (Phi) is 8.82. The third kappa shape index (κ3) is 7.40. The van der Waals surface area contributed by atoms with Gasteiger partial charge in [0, 0.05) is 42.8 Å². The molecule has 1 aromatic rings. The van der Waals surface area contributed by atoms with E-state index < -0.39 is 0 Å². The van der Waals surface area contributed by atoms with E-state index in [1.54, 1.807) is 6.07 Å². The zero-order chi connectivity index (χ0) is 18.1. The van der Waals surface area contributed by atoms with Gasteiger partial charge in [0.05, 0.1) is 6.54 Å².